The number of carbonyl (C=O) groups excluding carboxylic acids is 1. The molecule has 0 radical (unpaired) electrons. The minimum absolute atomic E-state index is 0.306. The van der Waals surface area contributed by atoms with Gasteiger partial charge in [-0.1, -0.05) is 24.3 Å². The lowest BCUT2D eigenvalue weighted by Gasteiger charge is -2.19. The summed E-state index contributed by atoms with van der Waals surface area (Å²) in [5, 5.41) is 24.4. The number of nitrogens with one attached hydrogen (secondary N) is 2. The molecule has 3 rings (SSSR count). The van der Waals surface area contributed by atoms with Gasteiger partial charge in [0.25, 0.3) is 5.56 Å². The predicted molar refractivity (Wildman–Crippen MR) is 122 cm³/mol. The smallest absolute Gasteiger partial charge is 0.319 e. The van der Waals surface area contributed by atoms with Crippen LogP contribution in [0, 0.1) is 19.7 Å². The number of aromatic nitrogens is 1. The van der Waals surface area contributed by atoms with Crippen LogP contribution < -0.4 is 16.2 Å². The Morgan fingerprint density at radius 2 is 1.79 bits per heavy atom. The second-order valence-electron chi connectivity index (χ2n) is 7.79. The van der Waals surface area contributed by atoms with Gasteiger partial charge in [-0.15, -0.1) is 0 Å². The van der Waals surface area contributed by atoms with Gasteiger partial charge in [-0.25, -0.2) is 9.18 Å². The predicted octanol–water partition coefficient (Wildman–Crippen LogP) is 3.85. The minimum atomic E-state index is -1.14. The lowest BCUT2D eigenvalue weighted by molar-refractivity contribution is -0.137. The van der Waals surface area contributed by atoms with Crippen molar-refractivity contribution in [3.63, 3.8) is 0 Å². The maximum Gasteiger partial charge on any atom is 0.319 e. The number of pyridine rings is 1. The second kappa shape index (κ2) is 9.56. The number of aliphatic carboxylic acids is 1. The van der Waals surface area contributed by atoms with Gasteiger partial charge in [-0.3, -0.25) is 9.59 Å². The summed E-state index contributed by atoms with van der Waals surface area (Å²) in [6.07, 6.45) is 1.01. The molecule has 9 heteroatoms. The number of hydrogen-bond donors (Lipinski definition) is 4. The summed E-state index contributed by atoms with van der Waals surface area (Å²) in [7, 11) is 1.48. The second-order valence-corrected chi connectivity index (χ2v) is 7.79. The molecule has 1 heterocycles. The van der Waals surface area contributed by atoms with Gasteiger partial charge in [0.15, 0.2) is 5.69 Å². The van der Waals surface area contributed by atoms with Crippen molar-refractivity contribution in [2.75, 3.05) is 5.32 Å². The number of aryl methyl sites for hydroxylation is 3. The van der Waals surface area contributed by atoms with Crippen LogP contribution >= 0.6 is 0 Å². The van der Waals surface area contributed by atoms with Gasteiger partial charge in [0, 0.05) is 18.8 Å². The van der Waals surface area contributed by atoms with E-state index in [1.54, 1.807) is 50.2 Å². The molecular weight excluding hydrogens is 429 g/mol. The first-order chi connectivity index (χ1) is 15.6. The largest absolute Gasteiger partial charge is 0.505 e. The number of nitrogens with zero attached hydrogens (tertiary/aromatic N) is 1. The molecule has 0 bridgehead atoms. The molecule has 0 spiro atoms. The van der Waals surface area contributed by atoms with Crippen molar-refractivity contribution >= 4 is 17.7 Å². The number of hydrogen-bond acceptors (Lipinski definition) is 4. The molecule has 0 fully saturated rings. The van der Waals surface area contributed by atoms with Crippen molar-refractivity contribution in [1.29, 1.82) is 0 Å². The van der Waals surface area contributed by atoms with Crippen LogP contribution in [-0.4, -0.2) is 26.8 Å². The fraction of sp³-hybridized carbons (Fsp3) is 0.208. The van der Waals surface area contributed by atoms with Crippen LogP contribution in [0.15, 0.2) is 53.5 Å². The number of carboxylic acid groups (broad SMARTS) is 1. The molecule has 3 aromatic rings. The van der Waals surface area contributed by atoms with Gasteiger partial charge >= 0.3 is 12.0 Å². The molecule has 1 aromatic heterocycles. The summed E-state index contributed by atoms with van der Waals surface area (Å²) in [6.45, 7) is 3.22. The zero-order valence-corrected chi connectivity index (χ0v) is 18.3. The van der Waals surface area contributed by atoms with Crippen molar-refractivity contribution in [3.05, 3.63) is 81.5 Å². The molecule has 172 valence electrons. The summed E-state index contributed by atoms with van der Waals surface area (Å²) in [5.74, 6) is -1.84. The highest BCUT2D eigenvalue weighted by atomic mass is 19.1. The Hall–Kier alpha value is -4.14. The van der Waals surface area contributed by atoms with Gasteiger partial charge in [-0.05, 0) is 54.3 Å². The minimum Gasteiger partial charge on any atom is -0.505 e. The molecule has 0 aliphatic rings. The molecule has 0 aliphatic carbocycles. The van der Waals surface area contributed by atoms with E-state index in [4.69, 9.17) is 0 Å². The third kappa shape index (κ3) is 5.38. The van der Waals surface area contributed by atoms with E-state index in [-0.39, 0.29) is 17.3 Å². The molecule has 2 amide bonds. The van der Waals surface area contributed by atoms with E-state index < -0.39 is 30.0 Å². The van der Waals surface area contributed by atoms with Crippen LogP contribution in [0.1, 0.15) is 29.2 Å². The molecular formula is C24H24FN3O5. The molecule has 0 aliphatic heterocycles. The summed E-state index contributed by atoms with van der Waals surface area (Å²) in [6, 6.07) is 9.75. The topological polar surface area (TPSA) is 121 Å². The summed E-state index contributed by atoms with van der Waals surface area (Å²) in [5.41, 5.74) is 1.90. The highest BCUT2D eigenvalue weighted by Crippen LogP contribution is 2.27. The van der Waals surface area contributed by atoms with Crippen LogP contribution in [0.4, 0.5) is 14.9 Å². The molecule has 1 unspecified atom stereocenters. The molecule has 4 N–H and O–H groups in total. The van der Waals surface area contributed by atoms with Crippen LogP contribution in [0.5, 0.6) is 5.75 Å². The highest BCUT2D eigenvalue weighted by molar-refractivity contribution is 5.91. The maximum atomic E-state index is 13.6. The van der Waals surface area contributed by atoms with Crippen LogP contribution in [0.2, 0.25) is 0 Å². The number of rotatable bonds is 6. The fourth-order valence-electron chi connectivity index (χ4n) is 3.49. The Balaban J connectivity index is 1.89. The third-order valence-electron chi connectivity index (χ3n) is 5.23. The fourth-order valence-corrected chi connectivity index (χ4v) is 3.49. The van der Waals surface area contributed by atoms with E-state index in [2.05, 4.69) is 10.6 Å². The van der Waals surface area contributed by atoms with E-state index in [9.17, 15) is 29.0 Å². The van der Waals surface area contributed by atoms with E-state index in [1.165, 1.54) is 23.9 Å². The standard InChI is InChI=1S/C24H24FN3O5/c1-13-9-16(7-8-18(13)25)15-5-4-6-17(10-15)19(11-20(29)30)26-24(33)27-21-22(31)14(2)12-28(3)23(21)32/h4-10,12,19,31H,11H2,1-3H3,(H,29,30)(H2,26,27,33). The molecule has 0 saturated heterocycles. The van der Waals surface area contributed by atoms with Gasteiger partial charge in [0.2, 0.25) is 0 Å². The maximum absolute atomic E-state index is 13.6. The van der Waals surface area contributed by atoms with Crippen LogP contribution in [-0.2, 0) is 11.8 Å². The summed E-state index contributed by atoms with van der Waals surface area (Å²) in [4.78, 5) is 36.4. The SMILES string of the molecule is Cc1cc(-c2cccc(C(CC(=O)O)NC(=O)Nc3c(O)c(C)cn(C)c3=O)c2)ccc1F. The van der Waals surface area contributed by atoms with Gasteiger partial charge in [0.05, 0.1) is 12.5 Å². The van der Waals surface area contributed by atoms with Crippen LogP contribution in [0.25, 0.3) is 11.1 Å². The number of halogens is 1. The zero-order chi connectivity index (χ0) is 24.3. The average Bonchev–Trinajstić information content (AvgIpc) is 2.76. The lowest BCUT2D eigenvalue weighted by atomic mass is 9.97. The Morgan fingerprint density at radius 3 is 2.45 bits per heavy atom. The van der Waals surface area contributed by atoms with Crippen LogP contribution in [0.3, 0.4) is 0 Å². The first-order valence-electron chi connectivity index (χ1n) is 10.1. The van der Waals surface area contributed by atoms with Gasteiger partial charge in [0.1, 0.15) is 11.6 Å². The first kappa shape index (κ1) is 23.5. The van der Waals surface area contributed by atoms with Crippen molar-refractivity contribution in [3.8, 4) is 16.9 Å². The van der Waals surface area contributed by atoms with Crippen molar-refractivity contribution in [2.24, 2.45) is 7.05 Å². The van der Waals surface area contributed by atoms with E-state index in [1.807, 2.05) is 0 Å². The molecule has 1 atom stereocenters. The summed E-state index contributed by atoms with van der Waals surface area (Å²) < 4.78 is 14.8. The monoisotopic (exact) mass is 453 g/mol. The van der Waals surface area contributed by atoms with Crippen molar-refractivity contribution in [1.82, 2.24) is 9.88 Å². The average molecular weight is 453 g/mol. The molecule has 33 heavy (non-hydrogen) atoms. The molecule has 0 saturated carbocycles. The normalized spacial score (nSPS) is 11.6. The molecule has 2 aromatic carbocycles. The number of urea groups is 1. The van der Waals surface area contributed by atoms with E-state index in [0.29, 0.717) is 16.7 Å². The van der Waals surface area contributed by atoms with E-state index in [0.717, 1.165) is 11.1 Å². The number of aromatic hydroxyl groups is 1. The zero-order valence-electron chi connectivity index (χ0n) is 18.3. The highest BCUT2D eigenvalue weighted by Gasteiger charge is 2.21. The summed E-state index contributed by atoms with van der Waals surface area (Å²) >= 11 is 0. The lowest BCUT2D eigenvalue weighted by Crippen LogP contribution is -2.36. The first-order valence-corrected chi connectivity index (χ1v) is 10.1. The van der Waals surface area contributed by atoms with Crippen molar-refractivity contribution in [2.45, 2.75) is 26.3 Å². The van der Waals surface area contributed by atoms with Gasteiger partial charge in [-0.2, -0.15) is 0 Å². The Bertz CT molecular complexity index is 1290. The Kier molecular flexibility index (Phi) is 6.81. The third-order valence-corrected chi connectivity index (χ3v) is 5.23. The number of anilines is 1. The van der Waals surface area contributed by atoms with Crippen molar-refractivity contribution < 1.29 is 24.2 Å². The number of carboxylic acids is 1. The number of benzene rings is 2. The Morgan fingerprint density at radius 1 is 1.09 bits per heavy atom. The van der Waals surface area contributed by atoms with Gasteiger partial charge < -0.3 is 25.4 Å². The number of amides is 2. The van der Waals surface area contributed by atoms with E-state index >= 15 is 0 Å². The Labute approximate surface area is 189 Å². The molecule has 8 nitrogen and oxygen atoms in total. The number of carbonyl (C=O) groups is 2. The quantitative estimate of drug-likeness (QED) is 0.452.